The number of morpholine rings is 1. The monoisotopic (exact) mass is 397 g/mol. The molecule has 2 amide bonds. The molecule has 1 fully saturated rings. The maximum Gasteiger partial charge on any atom is 0.239 e. The van der Waals surface area contributed by atoms with Crippen molar-refractivity contribution < 1.29 is 22.7 Å². The third-order valence-corrected chi connectivity index (χ3v) is 5.92. The molecule has 0 spiro atoms. The predicted molar refractivity (Wildman–Crippen MR) is 102 cm³/mol. The van der Waals surface area contributed by atoms with Crippen molar-refractivity contribution in [1.29, 1.82) is 0 Å². The smallest absolute Gasteiger partial charge is 0.239 e. The number of hydrogen-bond donors (Lipinski definition) is 2. The van der Waals surface area contributed by atoms with Crippen molar-refractivity contribution in [2.24, 2.45) is 0 Å². The van der Waals surface area contributed by atoms with Crippen molar-refractivity contribution in [2.45, 2.75) is 32.5 Å². The summed E-state index contributed by atoms with van der Waals surface area (Å²) < 4.78 is 31.7. The van der Waals surface area contributed by atoms with E-state index in [2.05, 4.69) is 10.6 Å². The zero-order valence-electron chi connectivity index (χ0n) is 15.7. The van der Waals surface area contributed by atoms with E-state index in [4.69, 9.17) is 4.74 Å². The molecule has 0 aliphatic carbocycles. The third kappa shape index (κ3) is 7.28. The van der Waals surface area contributed by atoms with Crippen molar-refractivity contribution in [3.63, 3.8) is 0 Å². The first-order chi connectivity index (χ1) is 12.8. The minimum Gasteiger partial charge on any atom is -0.373 e. The van der Waals surface area contributed by atoms with E-state index in [0.717, 1.165) is 5.56 Å². The Balaban J connectivity index is 1.68. The third-order valence-electron chi connectivity index (χ3n) is 4.12. The molecule has 2 atom stereocenters. The summed E-state index contributed by atoms with van der Waals surface area (Å²) in [6.45, 7) is 4.11. The molecule has 0 radical (unpaired) electrons. The molecule has 0 bridgehead atoms. The van der Waals surface area contributed by atoms with E-state index in [-0.39, 0.29) is 43.4 Å². The largest absolute Gasteiger partial charge is 0.373 e. The summed E-state index contributed by atoms with van der Waals surface area (Å²) in [5, 5.41) is 5.05. The van der Waals surface area contributed by atoms with Crippen LogP contribution in [0.1, 0.15) is 19.4 Å². The fraction of sp³-hybridized carbons (Fsp3) is 0.556. The summed E-state index contributed by atoms with van der Waals surface area (Å²) in [5.41, 5.74) is 0.857. The Bertz CT molecular complexity index is 729. The molecule has 27 heavy (non-hydrogen) atoms. The van der Waals surface area contributed by atoms with Crippen LogP contribution in [-0.2, 0) is 30.8 Å². The lowest BCUT2D eigenvalue weighted by molar-refractivity contribution is -0.125. The highest BCUT2D eigenvalue weighted by Crippen LogP contribution is 2.14. The molecule has 8 nitrogen and oxygen atoms in total. The van der Waals surface area contributed by atoms with E-state index < -0.39 is 15.9 Å². The highest BCUT2D eigenvalue weighted by Gasteiger charge is 2.30. The Morgan fingerprint density at radius 2 is 1.70 bits per heavy atom. The lowest BCUT2D eigenvalue weighted by atomic mass is 10.1. The number of rotatable bonds is 8. The lowest BCUT2D eigenvalue weighted by Crippen LogP contribution is -2.50. The summed E-state index contributed by atoms with van der Waals surface area (Å²) in [5.74, 6) is -0.869. The summed E-state index contributed by atoms with van der Waals surface area (Å²) >= 11 is 0. The molecule has 2 rings (SSSR count). The first-order valence-corrected chi connectivity index (χ1v) is 10.6. The van der Waals surface area contributed by atoms with Crippen LogP contribution < -0.4 is 10.6 Å². The van der Waals surface area contributed by atoms with Gasteiger partial charge < -0.3 is 15.4 Å². The van der Waals surface area contributed by atoms with E-state index in [1.165, 1.54) is 4.31 Å². The minimum absolute atomic E-state index is 0.00413. The summed E-state index contributed by atoms with van der Waals surface area (Å²) in [7, 11) is -3.47. The quantitative estimate of drug-likeness (QED) is 0.637. The SMILES string of the molecule is CC1CN(S(=O)(=O)CCNC(=O)CNC(=O)Cc2ccccc2)CC(C)O1. The molecule has 1 heterocycles. The van der Waals surface area contributed by atoms with E-state index in [1.54, 1.807) is 0 Å². The molecule has 1 aromatic carbocycles. The van der Waals surface area contributed by atoms with Crippen LogP contribution in [0.4, 0.5) is 0 Å². The highest BCUT2D eigenvalue weighted by atomic mass is 32.2. The van der Waals surface area contributed by atoms with E-state index in [0.29, 0.717) is 13.1 Å². The Kier molecular flexibility index (Phi) is 7.76. The van der Waals surface area contributed by atoms with Gasteiger partial charge in [0.15, 0.2) is 0 Å². The standard InChI is InChI=1S/C18H27N3O5S/c1-14-12-21(13-15(2)26-14)27(24,25)9-8-19-18(23)11-20-17(22)10-16-6-4-3-5-7-16/h3-7,14-15H,8-13H2,1-2H3,(H,19,23)(H,20,22). The van der Waals surface area contributed by atoms with Gasteiger partial charge in [-0.25, -0.2) is 8.42 Å². The number of nitrogens with zero attached hydrogens (tertiary/aromatic N) is 1. The second kappa shape index (κ2) is 9.82. The summed E-state index contributed by atoms with van der Waals surface area (Å²) in [6, 6.07) is 9.20. The molecule has 1 aliphatic rings. The second-order valence-electron chi connectivity index (χ2n) is 6.68. The van der Waals surface area contributed by atoms with Crippen LogP contribution >= 0.6 is 0 Å². The number of sulfonamides is 1. The van der Waals surface area contributed by atoms with E-state index in [1.807, 2.05) is 44.2 Å². The Morgan fingerprint density at radius 3 is 2.33 bits per heavy atom. The topological polar surface area (TPSA) is 105 Å². The average molecular weight is 397 g/mol. The van der Waals surface area contributed by atoms with Crippen LogP contribution in [0.5, 0.6) is 0 Å². The van der Waals surface area contributed by atoms with Gasteiger partial charge in [0.2, 0.25) is 21.8 Å². The first kappa shape index (κ1) is 21.3. The number of benzene rings is 1. The van der Waals surface area contributed by atoms with Gasteiger partial charge in [0, 0.05) is 19.6 Å². The molecule has 1 saturated heterocycles. The zero-order chi connectivity index (χ0) is 19.9. The number of hydrogen-bond acceptors (Lipinski definition) is 5. The van der Waals surface area contributed by atoms with Crippen molar-refractivity contribution in [3.05, 3.63) is 35.9 Å². The van der Waals surface area contributed by atoms with Gasteiger partial charge in [-0.2, -0.15) is 4.31 Å². The van der Waals surface area contributed by atoms with Crippen LogP contribution in [0, 0.1) is 0 Å². The molecule has 1 aromatic rings. The predicted octanol–water partition coefficient (Wildman–Crippen LogP) is -0.0995. The molecule has 1 aliphatic heterocycles. The molecule has 150 valence electrons. The molecule has 2 N–H and O–H groups in total. The van der Waals surface area contributed by atoms with Gasteiger partial charge in [0.05, 0.1) is 30.9 Å². The highest BCUT2D eigenvalue weighted by molar-refractivity contribution is 7.89. The van der Waals surface area contributed by atoms with Gasteiger partial charge in [-0.1, -0.05) is 30.3 Å². The minimum atomic E-state index is -3.47. The van der Waals surface area contributed by atoms with Crippen LogP contribution in [0.2, 0.25) is 0 Å². The average Bonchev–Trinajstić information content (AvgIpc) is 2.60. The maximum atomic E-state index is 12.4. The molecule has 0 saturated carbocycles. The van der Waals surface area contributed by atoms with Crippen LogP contribution in [0.3, 0.4) is 0 Å². The fourth-order valence-corrected chi connectivity index (χ4v) is 4.38. The van der Waals surface area contributed by atoms with Gasteiger partial charge >= 0.3 is 0 Å². The molecule has 9 heteroatoms. The summed E-state index contributed by atoms with van der Waals surface area (Å²) in [6.07, 6.45) is -0.119. The van der Waals surface area contributed by atoms with Gasteiger partial charge in [-0.15, -0.1) is 0 Å². The van der Waals surface area contributed by atoms with Gasteiger partial charge in [0.25, 0.3) is 0 Å². The van der Waals surface area contributed by atoms with Crippen LogP contribution in [0.25, 0.3) is 0 Å². The van der Waals surface area contributed by atoms with E-state index >= 15 is 0 Å². The number of carbonyl (C=O) groups is 2. The zero-order valence-corrected chi connectivity index (χ0v) is 16.5. The van der Waals surface area contributed by atoms with Gasteiger partial charge in [-0.05, 0) is 19.4 Å². The normalized spacial score (nSPS) is 20.8. The number of ether oxygens (including phenoxy) is 1. The van der Waals surface area contributed by atoms with Crippen molar-refractivity contribution in [1.82, 2.24) is 14.9 Å². The van der Waals surface area contributed by atoms with Crippen molar-refractivity contribution in [3.8, 4) is 0 Å². The second-order valence-corrected chi connectivity index (χ2v) is 8.77. The fourth-order valence-electron chi connectivity index (χ4n) is 2.89. The summed E-state index contributed by atoms with van der Waals surface area (Å²) in [4.78, 5) is 23.6. The Hall–Kier alpha value is -1.97. The molecular formula is C18H27N3O5S. The number of carbonyl (C=O) groups excluding carboxylic acids is 2. The van der Waals surface area contributed by atoms with E-state index in [9.17, 15) is 18.0 Å². The van der Waals surface area contributed by atoms with Gasteiger partial charge in [0.1, 0.15) is 0 Å². The van der Waals surface area contributed by atoms with Crippen molar-refractivity contribution >= 4 is 21.8 Å². The lowest BCUT2D eigenvalue weighted by Gasteiger charge is -2.34. The van der Waals surface area contributed by atoms with Crippen LogP contribution in [0.15, 0.2) is 30.3 Å². The van der Waals surface area contributed by atoms with Gasteiger partial charge in [-0.3, -0.25) is 9.59 Å². The first-order valence-electron chi connectivity index (χ1n) is 8.97. The van der Waals surface area contributed by atoms with Crippen LogP contribution in [-0.4, -0.2) is 68.7 Å². The molecule has 2 unspecified atom stereocenters. The number of amides is 2. The maximum absolute atomic E-state index is 12.4. The Morgan fingerprint density at radius 1 is 1.07 bits per heavy atom. The number of nitrogens with one attached hydrogen (secondary N) is 2. The Labute approximate surface area is 160 Å². The molecular weight excluding hydrogens is 370 g/mol. The van der Waals surface area contributed by atoms with Crippen molar-refractivity contribution in [2.75, 3.05) is 31.9 Å². The molecule has 0 aromatic heterocycles.